The lowest BCUT2D eigenvalue weighted by atomic mass is 9.98. The van der Waals surface area contributed by atoms with Crippen LogP contribution in [-0.4, -0.2) is 34.2 Å². The van der Waals surface area contributed by atoms with Crippen molar-refractivity contribution in [2.75, 3.05) is 19.7 Å². The molecule has 2 saturated heterocycles. The van der Waals surface area contributed by atoms with E-state index in [1.165, 1.54) is 12.8 Å². The largest absolute Gasteiger partial charge is 0.370 e. The van der Waals surface area contributed by atoms with Crippen LogP contribution in [0.3, 0.4) is 0 Å². The van der Waals surface area contributed by atoms with Crippen LogP contribution in [-0.2, 0) is 11.3 Å². The van der Waals surface area contributed by atoms with E-state index in [0.717, 1.165) is 56.1 Å². The average molecular weight is 286 g/mol. The zero-order valence-electron chi connectivity index (χ0n) is 12.3. The van der Waals surface area contributed by atoms with Crippen LogP contribution in [0.25, 0.3) is 11.2 Å². The van der Waals surface area contributed by atoms with Gasteiger partial charge in [-0.15, -0.1) is 0 Å². The molecule has 0 spiro atoms. The van der Waals surface area contributed by atoms with Gasteiger partial charge >= 0.3 is 0 Å². The maximum absolute atomic E-state index is 5.87. The van der Waals surface area contributed by atoms with Crippen LogP contribution < -0.4 is 5.32 Å². The molecule has 0 amide bonds. The zero-order chi connectivity index (χ0) is 14.1. The Morgan fingerprint density at radius 2 is 2.19 bits per heavy atom. The minimum Gasteiger partial charge on any atom is -0.370 e. The smallest absolute Gasteiger partial charge is 0.160 e. The molecule has 2 aliphatic heterocycles. The van der Waals surface area contributed by atoms with Crippen LogP contribution in [0.5, 0.6) is 0 Å². The fraction of sp³-hybridized carbons (Fsp3) is 0.625. The second kappa shape index (κ2) is 5.73. The summed E-state index contributed by atoms with van der Waals surface area (Å²) in [4.78, 5) is 9.39. The lowest BCUT2D eigenvalue weighted by molar-refractivity contribution is 0.101. The number of piperidine rings is 1. The Kier molecular flexibility index (Phi) is 3.61. The molecule has 0 aliphatic carbocycles. The van der Waals surface area contributed by atoms with Gasteiger partial charge in [0.2, 0.25) is 0 Å². The summed E-state index contributed by atoms with van der Waals surface area (Å²) < 4.78 is 8.20. The van der Waals surface area contributed by atoms with E-state index in [1.807, 2.05) is 12.3 Å². The van der Waals surface area contributed by atoms with E-state index < -0.39 is 0 Å². The van der Waals surface area contributed by atoms with E-state index >= 15 is 0 Å². The average Bonchev–Trinajstić information content (AvgIpc) is 3.16. The van der Waals surface area contributed by atoms with E-state index in [2.05, 4.69) is 20.9 Å². The van der Waals surface area contributed by atoms with E-state index in [-0.39, 0.29) is 6.10 Å². The molecule has 4 heterocycles. The standard InChI is InChI=1S/C16H22N4O/c1-3-13-15(18-7-1)20(11-12-5-8-17-9-6-12)16(19-13)14-4-2-10-21-14/h1,3,7,12,14,17H,2,4-6,8-11H2. The normalized spacial score (nSPS) is 23.9. The predicted molar refractivity (Wildman–Crippen MR) is 81.0 cm³/mol. The number of hydrogen-bond donors (Lipinski definition) is 1. The molecule has 1 atom stereocenters. The molecule has 0 bridgehead atoms. The first-order valence-corrected chi connectivity index (χ1v) is 8.05. The van der Waals surface area contributed by atoms with Crippen LogP contribution >= 0.6 is 0 Å². The van der Waals surface area contributed by atoms with Gasteiger partial charge in [-0.25, -0.2) is 9.97 Å². The van der Waals surface area contributed by atoms with Crippen LogP contribution in [0.15, 0.2) is 18.3 Å². The van der Waals surface area contributed by atoms with Crippen molar-refractivity contribution in [3.05, 3.63) is 24.2 Å². The highest BCUT2D eigenvalue weighted by molar-refractivity contribution is 5.71. The Morgan fingerprint density at radius 1 is 1.29 bits per heavy atom. The summed E-state index contributed by atoms with van der Waals surface area (Å²) in [5.74, 6) is 1.80. The molecule has 5 heteroatoms. The van der Waals surface area contributed by atoms with Crippen LogP contribution in [0.2, 0.25) is 0 Å². The first-order chi connectivity index (χ1) is 10.4. The summed E-state index contributed by atoms with van der Waals surface area (Å²) in [6, 6.07) is 4.02. The molecule has 2 aromatic heterocycles. The number of rotatable bonds is 3. The van der Waals surface area contributed by atoms with Crippen molar-refractivity contribution >= 4 is 11.2 Å². The predicted octanol–water partition coefficient (Wildman–Crippen LogP) is 2.28. The summed E-state index contributed by atoms with van der Waals surface area (Å²) in [6.07, 6.45) is 6.70. The Labute approximate surface area is 124 Å². The summed E-state index contributed by atoms with van der Waals surface area (Å²) in [7, 11) is 0. The second-order valence-corrected chi connectivity index (χ2v) is 6.12. The highest BCUT2D eigenvalue weighted by atomic mass is 16.5. The molecule has 0 saturated carbocycles. The van der Waals surface area contributed by atoms with Gasteiger partial charge in [-0.2, -0.15) is 0 Å². The summed E-state index contributed by atoms with van der Waals surface area (Å²) in [6.45, 7) is 4.12. The van der Waals surface area contributed by atoms with Gasteiger partial charge < -0.3 is 14.6 Å². The molecule has 112 valence electrons. The number of hydrogen-bond acceptors (Lipinski definition) is 4. The third-order valence-electron chi connectivity index (χ3n) is 4.65. The Bertz CT molecular complexity index is 612. The number of nitrogens with one attached hydrogen (secondary N) is 1. The van der Waals surface area contributed by atoms with E-state index in [0.29, 0.717) is 5.92 Å². The third kappa shape index (κ3) is 2.56. The fourth-order valence-corrected chi connectivity index (χ4v) is 3.51. The molecular formula is C16H22N4O. The van der Waals surface area contributed by atoms with Gasteiger partial charge in [-0.1, -0.05) is 0 Å². The van der Waals surface area contributed by atoms with Crippen molar-refractivity contribution in [1.29, 1.82) is 0 Å². The number of pyridine rings is 1. The lowest BCUT2D eigenvalue weighted by Crippen LogP contribution is -2.30. The summed E-state index contributed by atoms with van der Waals surface area (Å²) in [5.41, 5.74) is 2.01. The molecule has 5 nitrogen and oxygen atoms in total. The number of nitrogens with zero attached hydrogens (tertiary/aromatic N) is 3. The Morgan fingerprint density at radius 3 is 3.00 bits per heavy atom. The van der Waals surface area contributed by atoms with E-state index in [1.54, 1.807) is 0 Å². The molecule has 21 heavy (non-hydrogen) atoms. The summed E-state index contributed by atoms with van der Waals surface area (Å²) >= 11 is 0. The molecule has 1 N–H and O–H groups in total. The van der Waals surface area contributed by atoms with Gasteiger partial charge in [-0.05, 0) is 56.8 Å². The topological polar surface area (TPSA) is 52.0 Å². The van der Waals surface area contributed by atoms with E-state index in [4.69, 9.17) is 9.72 Å². The van der Waals surface area contributed by atoms with Crippen molar-refractivity contribution in [3.8, 4) is 0 Å². The van der Waals surface area contributed by atoms with Crippen molar-refractivity contribution in [2.24, 2.45) is 5.92 Å². The molecule has 1 unspecified atom stereocenters. The lowest BCUT2D eigenvalue weighted by Gasteiger charge is -2.24. The first-order valence-electron chi connectivity index (χ1n) is 8.05. The Balaban J connectivity index is 1.70. The van der Waals surface area contributed by atoms with Gasteiger partial charge in [0, 0.05) is 19.3 Å². The molecule has 2 aliphatic rings. The van der Waals surface area contributed by atoms with Crippen molar-refractivity contribution in [3.63, 3.8) is 0 Å². The van der Waals surface area contributed by atoms with Crippen molar-refractivity contribution < 1.29 is 4.74 Å². The zero-order valence-corrected chi connectivity index (χ0v) is 12.3. The SMILES string of the molecule is c1cnc2c(c1)nc(C1CCCO1)n2CC1CCNCC1. The van der Waals surface area contributed by atoms with Gasteiger partial charge in [0.15, 0.2) is 5.65 Å². The molecule has 2 aromatic rings. The minimum atomic E-state index is 0.154. The van der Waals surface area contributed by atoms with E-state index in [9.17, 15) is 0 Å². The van der Waals surface area contributed by atoms with Gasteiger partial charge in [-0.3, -0.25) is 0 Å². The van der Waals surface area contributed by atoms with Gasteiger partial charge in [0.25, 0.3) is 0 Å². The van der Waals surface area contributed by atoms with Gasteiger partial charge in [0.05, 0.1) is 0 Å². The van der Waals surface area contributed by atoms with Crippen molar-refractivity contribution in [2.45, 2.75) is 38.3 Å². The summed E-state index contributed by atoms with van der Waals surface area (Å²) in [5, 5.41) is 3.44. The monoisotopic (exact) mass is 286 g/mol. The number of ether oxygens (including phenoxy) is 1. The molecule has 0 aromatic carbocycles. The van der Waals surface area contributed by atoms with Crippen molar-refractivity contribution in [1.82, 2.24) is 19.9 Å². The quantitative estimate of drug-likeness (QED) is 0.940. The molecule has 4 rings (SSSR count). The highest BCUT2D eigenvalue weighted by Crippen LogP contribution is 2.31. The number of imidazole rings is 1. The van der Waals surface area contributed by atoms with Gasteiger partial charge in [0.1, 0.15) is 17.4 Å². The first kappa shape index (κ1) is 13.2. The molecular weight excluding hydrogens is 264 g/mol. The van der Waals surface area contributed by atoms with Crippen LogP contribution in [0.1, 0.15) is 37.6 Å². The Hall–Kier alpha value is -1.46. The van der Waals surface area contributed by atoms with Crippen LogP contribution in [0, 0.1) is 5.92 Å². The van der Waals surface area contributed by atoms with Crippen LogP contribution in [0.4, 0.5) is 0 Å². The minimum absolute atomic E-state index is 0.154. The third-order valence-corrected chi connectivity index (χ3v) is 4.65. The number of aromatic nitrogens is 3. The molecule has 0 radical (unpaired) electrons. The maximum Gasteiger partial charge on any atom is 0.160 e. The second-order valence-electron chi connectivity index (χ2n) is 6.12. The highest BCUT2D eigenvalue weighted by Gasteiger charge is 2.26. The molecule has 2 fully saturated rings. The number of fused-ring (bicyclic) bond motifs is 1. The fourth-order valence-electron chi connectivity index (χ4n) is 3.51. The maximum atomic E-state index is 5.87.